The minimum Gasteiger partial charge on any atom is -0.465 e. The topological polar surface area (TPSA) is 64.4 Å². The second-order valence-electron chi connectivity index (χ2n) is 6.77. The van der Waals surface area contributed by atoms with Crippen LogP contribution in [0.4, 0.5) is 0 Å². The zero-order valence-electron chi connectivity index (χ0n) is 16.5. The second kappa shape index (κ2) is 8.69. The molecule has 1 aliphatic heterocycles. The van der Waals surface area contributed by atoms with E-state index in [2.05, 4.69) is 11.8 Å². The average Bonchev–Trinajstić information content (AvgIpc) is 3.10. The summed E-state index contributed by atoms with van der Waals surface area (Å²) in [5.74, 6) is -0.191. The lowest BCUT2D eigenvalue weighted by molar-refractivity contribution is -0.139. The summed E-state index contributed by atoms with van der Waals surface area (Å²) in [4.78, 5) is 34.7. The molecule has 0 saturated heterocycles. The van der Waals surface area contributed by atoms with E-state index >= 15 is 0 Å². The molecule has 0 saturated carbocycles. The monoisotopic (exact) mass is 429 g/mol. The number of benzene rings is 1. The number of hydrogen-bond donors (Lipinski definition) is 0. The Kier molecular flexibility index (Phi) is 6.03. The Labute approximate surface area is 177 Å². The number of para-hydroxylation sites is 1. The number of hydrogen-bond acceptors (Lipinski definition) is 7. The predicted octanol–water partition coefficient (Wildman–Crippen LogP) is 3.48. The summed E-state index contributed by atoms with van der Waals surface area (Å²) in [6, 6.07) is 9.49. The smallest absolute Gasteiger partial charge is 0.316 e. The summed E-state index contributed by atoms with van der Waals surface area (Å²) in [6.45, 7) is 7.09. The molecule has 0 spiro atoms. The summed E-state index contributed by atoms with van der Waals surface area (Å²) in [5.41, 5.74) is 1.83. The molecule has 0 unspecified atom stereocenters. The first kappa shape index (κ1) is 20.1. The number of thioether (sulfide) groups is 1. The number of carbonyl (C=O) groups excluding carboxylic acids is 1. The maximum atomic E-state index is 13.6. The van der Waals surface area contributed by atoms with Gasteiger partial charge < -0.3 is 4.74 Å². The molecule has 0 aliphatic carbocycles. The van der Waals surface area contributed by atoms with Crippen LogP contribution in [0.15, 0.2) is 40.3 Å². The zero-order chi connectivity index (χ0) is 20.4. The Morgan fingerprint density at radius 2 is 2.07 bits per heavy atom. The minimum absolute atomic E-state index is 0.0602. The van der Waals surface area contributed by atoms with Gasteiger partial charge in [0.2, 0.25) is 0 Å². The fourth-order valence-corrected chi connectivity index (χ4v) is 5.69. The molecular weight excluding hydrogens is 406 g/mol. The van der Waals surface area contributed by atoms with Crippen LogP contribution >= 0.6 is 23.1 Å². The van der Waals surface area contributed by atoms with Crippen molar-refractivity contribution in [1.29, 1.82) is 0 Å². The number of rotatable bonds is 6. The van der Waals surface area contributed by atoms with E-state index in [0.29, 0.717) is 11.8 Å². The average molecular weight is 430 g/mol. The van der Waals surface area contributed by atoms with E-state index in [9.17, 15) is 9.59 Å². The van der Waals surface area contributed by atoms with Gasteiger partial charge in [-0.25, -0.2) is 4.98 Å². The highest BCUT2D eigenvalue weighted by Gasteiger charge is 2.25. The minimum atomic E-state index is -0.310. The maximum absolute atomic E-state index is 13.6. The van der Waals surface area contributed by atoms with Gasteiger partial charge in [0, 0.05) is 18.0 Å². The van der Waals surface area contributed by atoms with E-state index in [-0.39, 0.29) is 17.3 Å². The highest BCUT2D eigenvalue weighted by Crippen LogP contribution is 2.34. The molecule has 29 heavy (non-hydrogen) atoms. The normalized spacial score (nSPS) is 14.1. The van der Waals surface area contributed by atoms with Crippen molar-refractivity contribution in [2.75, 3.05) is 25.4 Å². The molecule has 152 valence electrons. The van der Waals surface area contributed by atoms with Crippen molar-refractivity contribution in [3.05, 3.63) is 51.1 Å². The van der Waals surface area contributed by atoms with Gasteiger partial charge in [-0.1, -0.05) is 36.9 Å². The number of likely N-dealkylation sites (N-methyl/N-ethyl adjacent to an activating group) is 1. The number of thiophene rings is 1. The van der Waals surface area contributed by atoms with Crippen molar-refractivity contribution in [2.45, 2.75) is 32.0 Å². The molecule has 3 aromatic rings. The third kappa shape index (κ3) is 3.97. The van der Waals surface area contributed by atoms with Gasteiger partial charge in [-0.05, 0) is 37.6 Å². The van der Waals surface area contributed by atoms with Gasteiger partial charge in [0.1, 0.15) is 4.83 Å². The van der Waals surface area contributed by atoms with E-state index in [1.54, 1.807) is 22.8 Å². The van der Waals surface area contributed by atoms with Gasteiger partial charge in [-0.2, -0.15) is 0 Å². The summed E-state index contributed by atoms with van der Waals surface area (Å²) in [5, 5.41) is 1.25. The molecule has 1 aromatic carbocycles. The van der Waals surface area contributed by atoms with E-state index in [1.807, 2.05) is 30.3 Å². The third-order valence-corrected chi connectivity index (χ3v) is 7.03. The van der Waals surface area contributed by atoms with E-state index < -0.39 is 0 Å². The SMILES string of the molecule is CCOC(=O)CSc1nc2sc3c(c2c(=O)n1-c1ccccc1)CCN(CC)C3. The van der Waals surface area contributed by atoms with Gasteiger partial charge in [0.15, 0.2) is 5.16 Å². The van der Waals surface area contributed by atoms with Crippen LogP contribution in [0.1, 0.15) is 24.3 Å². The third-order valence-electron chi connectivity index (χ3n) is 5.01. The Balaban J connectivity index is 1.84. The highest BCUT2D eigenvalue weighted by atomic mass is 32.2. The lowest BCUT2D eigenvalue weighted by atomic mass is 10.1. The molecule has 0 fully saturated rings. The molecule has 4 rings (SSSR count). The van der Waals surface area contributed by atoms with Crippen LogP contribution in [0, 0.1) is 0 Å². The van der Waals surface area contributed by atoms with Crippen molar-refractivity contribution in [3.8, 4) is 5.69 Å². The molecule has 0 atom stereocenters. The number of nitrogens with zero attached hydrogens (tertiary/aromatic N) is 3. The molecule has 3 heterocycles. The summed E-state index contributed by atoms with van der Waals surface area (Å²) in [6.07, 6.45) is 0.865. The lowest BCUT2D eigenvalue weighted by Gasteiger charge is -2.25. The van der Waals surface area contributed by atoms with Crippen LogP contribution in [0.5, 0.6) is 0 Å². The Morgan fingerprint density at radius 1 is 1.28 bits per heavy atom. The Morgan fingerprint density at radius 3 is 2.79 bits per heavy atom. The molecule has 1 aliphatic rings. The van der Waals surface area contributed by atoms with Gasteiger partial charge in [0.25, 0.3) is 5.56 Å². The number of aromatic nitrogens is 2. The van der Waals surface area contributed by atoms with Crippen LogP contribution in [0.25, 0.3) is 15.9 Å². The van der Waals surface area contributed by atoms with Crippen LogP contribution in [0.2, 0.25) is 0 Å². The lowest BCUT2D eigenvalue weighted by Crippen LogP contribution is -2.30. The van der Waals surface area contributed by atoms with Crippen molar-refractivity contribution >= 4 is 39.3 Å². The standard InChI is InChI=1S/C21H23N3O3S2/c1-3-23-11-10-15-16(12-23)29-19-18(15)20(26)24(14-8-6-5-7-9-14)21(22-19)28-13-17(25)27-4-2/h5-9H,3-4,10-13H2,1-2H3. The van der Waals surface area contributed by atoms with Crippen LogP contribution in [-0.2, 0) is 22.5 Å². The fraction of sp³-hybridized carbons (Fsp3) is 0.381. The van der Waals surface area contributed by atoms with Crippen LogP contribution in [0.3, 0.4) is 0 Å². The van der Waals surface area contributed by atoms with Crippen molar-refractivity contribution in [3.63, 3.8) is 0 Å². The fourth-order valence-electron chi connectivity index (χ4n) is 3.57. The second-order valence-corrected chi connectivity index (χ2v) is 8.79. The van der Waals surface area contributed by atoms with Gasteiger partial charge >= 0.3 is 5.97 Å². The molecule has 0 N–H and O–H groups in total. The molecule has 6 nitrogen and oxygen atoms in total. The maximum Gasteiger partial charge on any atom is 0.316 e. The predicted molar refractivity (Wildman–Crippen MR) is 117 cm³/mol. The van der Waals surface area contributed by atoms with Crippen molar-refractivity contribution in [1.82, 2.24) is 14.5 Å². The molecule has 0 bridgehead atoms. The summed E-state index contributed by atoms with van der Waals surface area (Å²) < 4.78 is 6.67. The number of ether oxygens (including phenoxy) is 1. The zero-order valence-corrected chi connectivity index (χ0v) is 18.1. The van der Waals surface area contributed by atoms with Crippen molar-refractivity contribution in [2.24, 2.45) is 0 Å². The quantitative estimate of drug-likeness (QED) is 0.340. The number of carbonyl (C=O) groups is 1. The molecule has 2 aromatic heterocycles. The molecule has 0 radical (unpaired) electrons. The Bertz CT molecular complexity index is 1090. The van der Waals surface area contributed by atoms with Gasteiger partial charge in [-0.15, -0.1) is 11.3 Å². The van der Waals surface area contributed by atoms with Gasteiger partial charge in [-0.3, -0.25) is 19.1 Å². The first-order valence-electron chi connectivity index (χ1n) is 9.75. The molecule has 0 amide bonds. The summed E-state index contributed by atoms with van der Waals surface area (Å²) in [7, 11) is 0. The largest absolute Gasteiger partial charge is 0.465 e. The first-order chi connectivity index (χ1) is 14.1. The van der Waals surface area contributed by atoms with E-state index in [1.165, 1.54) is 16.6 Å². The number of fused-ring (bicyclic) bond motifs is 3. The van der Waals surface area contributed by atoms with Crippen LogP contribution in [-0.4, -0.2) is 45.9 Å². The first-order valence-corrected chi connectivity index (χ1v) is 11.6. The highest BCUT2D eigenvalue weighted by molar-refractivity contribution is 7.99. The number of esters is 1. The van der Waals surface area contributed by atoms with Crippen LogP contribution < -0.4 is 5.56 Å². The van der Waals surface area contributed by atoms with E-state index in [0.717, 1.165) is 47.5 Å². The molecule has 8 heteroatoms. The summed E-state index contributed by atoms with van der Waals surface area (Å²) >= 11 is 2.84. The van der Waals surface area contributed by atoms with Gasteiger partial charge in [0.05, 0.1) is 23.4 Å². The molecular formula is C21H23N3O3S2. The Hall–Kier alpha value is -2.16. The van der Waals surface area contributed by atoms with E-state index in [4.69, 9.17) is 9.72 Å². The van der Waals surface area contributed by atoms with Crippen molar-refractivity contribution < 1.29 is 9.53 Å².